The van der Waals surface area contributed by atoms with Gasteiger partial charge in [-0.1, -0.05) is 60.7 Å². The van der Waals surface area contributed by atoms with Crippen molar-refractivity contribution >= 4 is 21.6 Å². The van der Waals surface area contributed by atoms with Gasteiger partial charge in [0.15, 0.2) is 0 Å². The molecule has 3 aromatic rings. The summed E-state index contributed by atoms with van der Waals surface area (Å²) < 4.78 is 32.2. The Labute approximate surface area is 196 Å². The van der Waals surface area contributed by atoms with Crippen LogP contribution in [-0.2, 0) is 14.8 Å². The lowest BCUT2D eigenvalue weighted by molar-refractivity contribution is -0.121. The minimum absolute atomic E-state index is 0.132. The maximum atomic E-state index is 12.6. The van der Waals surface area contributed by atoms with E-state index in [9.17, 15) is 13.2 Å². The van der Waals surface area contributed by atoms with Crippen LogP contribution in [0.2, 0.25) is 0 Å². The van der Waals surface area contributed by atoms with E-state index in [1.807, 2.05) is 79.7 Å². The van der Waals surface area contributed by atoms with Crippen molar-refractivity contribution in [2.75, 3.05) is 30.3 Å². The first-order valence-electron chi connectivity index (χ1n) is 10.9. The number of anilines is 1. The van der Waals surface area contributed by atoms with Crippen molar-refractivity contribution in [2.45, 2.75) is 19.8 Å². The van der Waals surface area contributed by atoms with Crippen molar-refractivity contribution in [3.63, 3.8) is 0 Å². The Hall–Kier alpha value is -3.32. The van der Waals surface area contributed by atoms with Gasteiger partial charge >= 0.3 is 0 Å². The average Bonchev–Trinajstić information content (AvgIpc) is 2.79. The highest BCUT2D eigenvalue weighted by molar-refractivity contribution is 7.92. The van der Waals surface area contributed by atoms with Crippen LogP contribution in [0.3, 0.4) is 0 Å². The maximum Gasteiger partial charge on any atom is 0.232 e. The zero-order valence-electron chi connectivity index (χ0n) is 19.0. The summed E-state index contributed by atoms with van der Waals surface area (Å²) in [6.07, 6.45) is 1.82. The molecule has 0 saturated carbocycles. The van der Waals surface area contributed by atoms with Gasteiger partial charge < -0.3 is 10.1 Å². The second kappa shape index (κ2) is 11.5. The van der Waals surface area contributed by atoms with E-state index in [2.05, 4.69) is 5.32 Å². The van der Waals surface area contributed by atoms with Crippen molar-refractivity contribution in [3.8, 4) is 16.9 Å². The number of rotatable bonds is 11. The molecule has 0 saturated heterocycles. The predicted molar refractivity (Wildman–Crippen MR) is 133 cm³/mol. The fraction of sp³-hybridized carbons (Fsp3) is 0.269. The number of para-hydroxylation sites is 1. The molecule has 0 radical (unpaired) electrons. The topological polar surface area (TPSA) is 75.7 Å². The Kier molecular flexibility index (Phi) is 8.49. The first kappa shape index (κ1) is 24.3. The molecule has 0 aliphatic carbocycles. The van der Waals surface area contributed by atoms with E-state index in [1.165, 1.54) is 10.6 Å². The predicted octanol–water partition coefficient (Wildman–Crippen LogP) is 4.40. The number of ether oxygens (including phenoxy) is 1. The minimum Gasteiger partial charge on any atom is -0.492 e. The maximum absolute atomic E-state index is 12.6. The second-order valence-corrected chi connectivity index (χ2v) is 9.74. The Balaban J connectivity index is 1.55. The number of sulfonamides is 1. The van der Waals surface area contributed by atoms with Crippen LogP contribution in [0.1, 0.15) is 18.4 Å². The first-order chi connectivity index (χ1) is 15.8. The lowest BCUT2D eigenvalue weighted by Gasteiger charge is -2.25. The van der Waals surface area contributed by atoms with Gasteiger partial charge in [-0.05, 0) is 42.7 Å². The monoisotopic (exact) mass is 466 g/mol. The summed E-state index contributed by atoms with van der Waals surface area (Å²) in [5, 5.41) is 2.83. The zero-order valence-corrected chi connectivity index (χ0v) is 19.8. The molecule has 0 spiro atoms. The quantitative estimate of drug-likeness (QED) is 0.425. The van der Waals surface area contributed by atoms with E-state index in [1.54, 1.807) is 6.07 Å². The Bertz CT molecular complexity index is 1160. The number of hydrogen-bond donors (Lipinski definition) is 1. The fourth-order valence-electron chi connectivity index (χ4n) is 3.55. The highest BCUT2D eigenvalue weighted by Gasteiger charge is 2.20. The molecule has 0 fully saturated rings. The fourth-order valence-corrected chi connectivity index (χ4v) is 4.53. The Morgan fingerprint density at radius 2 is 1.70 bits per heavy atom. The van der Waals surface area contributed by atoms with E-state index in [0.717, 1.165) is 22.4 Å². The molecule has 7 heteroatoms. The van der Waals surface area contributed by atoms with Gasteiger partial charge in [0.2, 0.25) is 15.9 Å². The second-order valence-electron chi connectivity index (χ2n) is 7.84. The number of nitrogens with zero attached hydrogens (tertiary/aromatic N) is 1. The van der Waals surface area contributed by atoms with Gasteiger partial charge in [0.25, 0.3) is 0 Å². The summed E-state index contributed by atoms with van der Waals surface area (Å²) in [5.41, 5.74) is 3.49. The molecule has 3 aromatic carbocycles. The molecular weight excluding hydrogens is 436 g/mol. The van der Waals surface area contributed by atoms with Crippen LogP contribution in [-0.4, -0.2) is 40.3 Å². The van der Waals surface area contributed by atoms with Crippen molar-refractivity contribution in [1.29, 1.82) is 0 Å². The number of benzene rings is 3. The van der Waals surface area contributed by atoms with E-state index < -0.39 is 10.0 Å². The van der Waals surface area contributed by atoms with Crippen LogP contribution in [0, 0.1) is 6.92 Å². The lowest BCUT2D eigenvalue weighted by atomic mass is 10.0. The van der Waals surface area contributed by atoms with Crippen LogP contribution < -0.4 is 14.4 Å². The van der Waals surface area contributed by atoms with E-state index >= 15 is 0 Å². The molecule has 3 rings (SSSR count). The summed E-state index contributed by atoms with van der Waals surface area (Å²) in [4.78, 5) is 12.2. The Morgan fingerprint density at radius 3 is 2.42 bits per heavy atom. The SMILES string of the molecule is Cc1cccc(OCCNC(=O)CCCN(c2ccccc2-c2ccccc2)S(C)(=O)=O)c1. The Morgan fingerprint density at radius 1 is 0.970 bits per heavy atom. The van der Waals surface area contributed by atoms with E-state index in [0.29, 0.717) is 25.3 Å². The lowest BCUT2D eigenvalue weighted by Crippen LogP contribution is -2.33. The van der Waals surface area contributed by atoms with Crippen LogP contribution in [0.4, 0.5) is 5.69 Å². The third kappa shape index (κ3) is 7.36. The van der Waals surface area contributed by atoms with E-state index in [-0.39, 0.29) is 18.9 Å². The molecule has 0 aromatic heterocycles. The largest absolute Gasteiger partial charge is 0.492 e. The highest BCUT2D eigenvalue weighted by atomic mass is 32.2. The minimum atomic E-state index is -3.52. The first-order valence-corrected chi connectivity index (χ1v) is 12.8. The van der Waals surface area contributed by atoms with Crippen LogP contribution >= 0.6 is 0 Å². The number of carbonyl (C=O) groups excluding carboxylic acids is 1. The molecule has 0 aliphatic rings. The molecule has 0 bridgehead atoms. The van der Waals surface area contributed by atoms with E-state index in [4.69, 9.17) is 4.74 Å². The molecular formula is C26H30N2O4S. The standard InChI is InChI=1S/C26H30N2O4S/c1-21-10-8-13-23(20-21)32-19-17-27-26(29)16-9-18-28(33(2,30)31)25-15-7-6-14-24(25)22-11-4-3-5-12-22/h3-8,10-15,20H,9,16-19H2,1-2H3,(H,27,29). The number of aryl methyl sites for hydroxylation is 1. The van der Waals surface area contributed by atoms with Gasteiger partial charge in [-0.3, -0.25) is 9.10 Å². The van der Waals surface area contributed by atoms with Crippen LogP contribution in [0.15, 0.2) is 78.9 Å². The van der Waals surface area contributed by atoms with Gasteiger partial charge in [0, 0.05) is 18.5 Å². The molecule has 174 valence electrons. The zero-order chi connectivity index (χ0) is 23.7. The van der Waals surface area contributed by atoms with Gasteiger partial charge in [-0.2, -0.15) is 0 Å². The summed E-state index contributed by atoms with van der Waals surface area (Å²) in [6, 6.07) is 24.8. The molecule has 0 atom stereocenters. The average molecular weight is 467 g/mol. The van der Waals surface area contributed by atoms with Crippen LogP contribution in [0.5, 0.6) is 5.75 Å². The molecule has 0 heterocycles. The highest BCUT2D eigenvalue weighted by Crippen LogP contribution is 2.32. The summed E-state index contributed by atoms with van der Waals surface area (Å²) in [7, 11) is -3.52. The number of amides is 1. The number of nitrogens with one attached hydrogen (secondary N) is 1. The summed E-state index contributed by atoms with van der Waals surface area (Å²) in [5.74, 6) is 0.637. The number of carbonyl (C=O) groups is 1. The normalized spacial score (nSPS) is 11.1. The van der Waals surface area contributed by atoms with Gasteiger partial charge in [0.1, 0.15) is 12.4 Å². The van der Waals surface area contributed by atoms with Crippen LogP contribution in [0.25, 0.3) is 11.1 Å². The number of hydrogen-bond acceptors (Lipinski definition) is 4. The van der Waals surface area contributed by atoms with Crippen molar-refractivity contribution in [2.24, 2.45) is 0 Å². The summed E-state index contributed by atoms with van der Waals surface area (Å²) in [6.45, 7) is 2.97. The van der Waals surface area contributed by atoms with Gasteiger partial charge in [0.05, 0.1) is 18.5 Å². The van der Waals surface area contributed by atoms with Crippen molar-refractivity contribution < 1.29 is 17.9 Å². The molecule has 0 aliphatic heterocycles. The molecule has 6 nitrogen and oxygen atoms in total. The molecule has 33 heavy (non-hydrogen) atoms. The smallest absolute Gasteiger partial charge is 0.232 e. The van der Waals surface area contributed by atoms with Gasteiger partial charge in [-0.25, -0.2) is 8.42 Å². The third-order valence-corrected chi connectivity index (χ3v) is 6.29. The molecule has 0 unspecified atom stereocenters. The molecule has 1 amide bonds. The van der Waals surface area contributed by atoms with Crippen molar-refractivity contribution in [3.05, 3.63) is 84.4 Å². The van der Waals surface area contributed by atoms with Crippen molar-refractivity contribution in [1.82, 2.24) is 5.32 Å². The summed E-state index contributed by atoms with van der Waals surface area (Å²) >= 11 is 0. The van der Waals surface area contributed by atoms with Gasteiger partial charge in [-0.15, -0.1) is 0 Å². The molecule has 1 N–H and O–H groups in total. The third-order valence-electron chi connectivity index (χ3n) is 5.11.